The monoisotopic (exact) mass is 537 g/mol. The third kappa shape index (κ3) is 5.56. The number of hydrogen-bond donors (Lipinski definition) is 3. The van der Waals surface area contributed by atoms with Gasteiger partial charge in [0.05, 0.1) is 29.2 Å². The van der Waals surface area contributed by atoms with Crippen molar-refractivity contribution < 1.29 is 17.6 Å². The fourth-order valence-corrected chi connectivity index (χ4v) is 3.98. The summed E-state index contributed by atoms with van der Waals surface area (Å²) in [6.45, 7) is 1.89. The maximum absolute atomic E-state index is 14.9. The Morgan fingerprint density at radius 1 is 1.24 bits per heavy atom. The van der Waals surface area contributed by atoms with Gasteiger partial charge in [-0.1, -0.05) is 11.6 Å². The summed E-state index contributed by atoms with van der Waals surface area (Å²) in [5.41, 5.74) is 2.38. The number of aromatic amines is 1. The highest BCUT2D eigenvalue weighted by atomic mass is 35.5. The zero-order valence-electron chi connectivity index (χ0n) is 19.2. The summed E-state index contributed by atoms with van der Waals surface area (Å²) in [6.07, 6.45) is -0.329. The molecule has 0 unspecified atom stereocenters. The van der Waals surface area contributed by atoms with E-state index in [2.05, 4.69) is 20.4 Å². The van der Waals surface area contributed by atoms with Gasteiger partial charge in [0.15, 0.2) is 11.0 Å². The summed E-state index contributed by atoms with van der Waals surface area (Å²) in [5.74, 6) is -0.745. The molecule has 0 aliphatic heterocycles. The molecule has 1 aromatic carbocycles. The van der Waals surface area contributed by atoms with Crippen LogP contribution in [0.25, 0.3) is 22.0 Å². The second kappa shape index (κ2) is 10.2. The molecule has 0 spiro atoms. The van der Waals surface area contributed by atoms with E-state index in [1.165, 1.54) is 16.8 Å². The fraction of sp³-hybridized carbons (Fsp3) is 0.261. The van der Waals surface area contributed by atoms with Gasteiger partial charge in [0, 0.05) is 24.3 Å². The van der Waals surface area contributed by atoms with E-state index in [4.69, 9.17) is 17.3 Å². The fourth-order valence-electron chi connectivity index (χ4n) is 3.89. The van der Waals surface area contributed by atoms with E-state index in [9.17, 15) is 27.2 Å². The number of H-pyrrole nitrogens is 1. The largest absolute Gasteiger partial charge is 0.423 e. The van der Waals surface area contributed by atoms with Crippen molar-refractivity contribution >= 4 is 33.9 Å². The lowest BCUT2D eigenvalue weighted by Crippen LogP contribution is -2.27. The molecule has 0 saturated heterocycles. The molecule has 0 radical (unpaired) electrons. The number of pyridine rings is 1. The summed E-state index contributed by atoms with van der Waals surface area (Å²) < 4.78 is 55.9. The van der Waals surface area contributed by atoms with Crippen molar-refractivity contribution in [1.82, 2.24) is 24.7 Å². The minimum absolute atomic E-state index is 0.00719. The maximum atomic E-state index is 14.9. The average Bonchev–Trinajstić information content (AvgIpc) is 2.81. The van der Waals surface area contributed by atoms with Crippen LogP contribution >= 0.6 is 11.6 Å². The van der Waals surface area contributed by atoms with Gasteiger partial charge in [0.1, 0.15) is 11.4 Å². The summed E-state index contributed by atoms with van der Waals surface area (Å²) in [7, 11) is 0. The van der Waals surface area contributed by atoms with Crippen LogP contribution in [0, 0.1) is 5.82 Å². The molecule has 0 aliphatic rings. The number of fused-ring (bicyclic) bond motifs is 1. The van der Waals surface area contributed by atoms with Crippen LogP contribution in [0.4, 0.5) is 29.1 Å². The molecule has 194 valence electrons. The van der Waals surface area contributed by atoms with E-state index in [0.717, 1.165) is 12.3 Å². The summed E-state index contributed by atoms with van der Waals surface area (Å²) >= 11 is 5.77. The number of alkyl halides is 3. The van der Waals surface area contributed by atoms with Crippen molar-refractivity contribution in [2.24, 2.45) is 0 Å². The zero-order chi connectivity index (χ0) is 26.9. The van der Waals surface area contributed by atoms with E-state index >= 15 is 0 Å². The second-order valence-corrected chi connectivity index (χ2v) is 8.70. The van der Waals surface area contributed by atoms with Gasteiger partial charge in [-0.05, 0) is 43.4 Å². The van der Waals surface area contributed by atoms with E-state index < -0.39 is 40.4 Å². The number of aryl methyl sites for hydroxylation is 1. The van der Waals surface area contributed by atoms with Crippen LogP contribution in [0.3, 0.4) is 0 Å². The maximum Gasteiger partial charge on any atom is 0.423 e. The lowest BCUT2D eigenvalue weighted by atomic mass is 10.1. The SMILES string of the molecule is C[C@@H](CCCn1ccc2cc(-c3cnc(Cl)c(N)n3)c(F)cc2c1=O)Nc1cn[nH]c(=O)c1C(F)(F)F. The Labute approximate surface area is 211 Å². The van der Waals surface area contributed by atoms with Crippen LogP contribution in [0.15, 0.2) is 46.4 Å². The Bertz CT molecular complexity index is 1590. The Hall–Kier alpha value is -4.00. The molecular weight excluding hydrogens is 518 g/mol. The molecular formula is C23H20ClF4N7O2. The first-order valence-corrected chi connectivity index (χ1v) is 11.4. The third-order valence-corrected chi connectivity index (χ3v) is 5.96. The Kier molecular flexibility index (Phi) is 7.16. The molecule has 0 saturated carbocycles. The molecule has 4 N–H and O–H groups in total. The van der Waals surface area contributed by atoms with Crippen LogP contribution < -0.4 is 22.2 Å². The number of nitrogens with one attached hydrogen (secondary N) is 2. The number of nitrogen functional groups attached to an aromatic ring is 1. The van der Waals surface area contributed by atoms with E-state index in [1.807, 2.05) is 0 Å². The van der Waals surface area contributed by atoms with Crippen LogP contribution in [0.2, 0.25) is 5.15 Å². The number of benzene rings is 1. The van der Waals surface area contributed by atoms with Gasteiger partial charge in [0.2, 0.25) is 0 Å². The number of aromatic nitrogens is 5. The molecule has 0 bridgehead atoms. The lowest BCUT2D eigenvalue weighted by Gasteiger charge is -2.18. The summed E-state index contributed by atoms with van der Waals surface area (Å²) in [4.78, 5) is 32.4. The normalized spacial score (nSPS) is 12.6. The molecule has 3 aromatic heterocycles. The molecule has 9 nitrogen and oxygen atoms in total. The first-order valence-electron chi connectivity index (χ1n) is 11.0. The minimum atomic E-state index is -4.85. The number of rotatable bonds is 7. The van der Waals surface area contributed by atoms with Gasteiger partial charge in [0.25, 0.3) is 11.1 Å². The quantitative estimate of drug-likeness (QED) is 0.301. The molecule has 4 aromatic rings. The molecule has 3 heterocycles. The van der Waals surface area contributed by atoms with E-state index in [1.54, 1.807) is 24.3 Å². The molecule has 0 amide bonds. The molecule has 37 heavy (non-hydrogen) atoms. The average molecular weight is 538 g/mol. The highest BCUT2D eigenvalue weighted by molar-refractivity contribution is 6.31. The number of nitrogens with two attached hydrogens (primary N) is 1. The Balaban J connectivity index is 1.48. The predicted octanol–water partition coefficient (Wildman–Crippen LogP) is 4.22. The summed E-state index contributed by atoms with van der Waals surface area (Å²) in [6, 6.07) is 3.76. The van der Waals surface area contributed by atoms with Crippen molar-refractivity contribution in [2.75, 3.05) is 11.1 Å². The Morgan fingerprint density at radius 3 is 2.70 bits per heavy atom. The lowest BCUT2D eigenvalue weighted by molar-refractivity contribution is -0.138. The van der Waals surface area contributed by atoms with Crippen LogP contribution in [0.1, 0.15) is 25.3 Å². The predicted molar refractivity (Wildman–Crippen MR) is 131 cm³/mol. The van der Waals surface area contributed by atoms with Crippen molar-refractivity contribution in [3.63, 3.8) is 0 Å². The molecule has 1 atom stereocenters. The minimum Gasteiger partial charge on any atom is -0.381 e. The molecule has 0 aliphatic carbocycles. The van der Waals surface area contributed by atoms with Gasteiger partial charge < -0.3 is 15.6 Å². The van der Waals surface area contributed by atoms with Crippen molar-refractivity contribution in [3.8, 4) is 11.3 Å². The number of hydrogen-bond acceptors (Lipinski definition) is 7. The van der Waals surface area contributed by atoms with E-state index in [-0.39, 0.29) is 34.2 Å². The van der Waals surface area contributed by atoms with Crippen molar-refractivity contribution in [2.45, 2.75) is 38.5 Å². The number of anilines is 2. The van der Waals surface area contributed by atoms with Gasteiger partial charge in [-0.2, -0.15) is 18.3 Å². The van der Waals surface area contributed by atoms with Gasteiger partial charge in [-0.3, -0.25) is 9.59 Å². The van der Waals surface area contributed by atoms with E-state index in [0.29, 0.717) is 18.2 Å². The van der Waals surface area contributed by atoms with Crippen molar-refractivity contribution in [1.29, 1.82) is 0 Å². The van der Waals surface area contributed by atoms with Gasteiger partial charge in [-0.25, -0.2) is 19.5 Å². The molecule has 0 fully saturated rings. The van der Waals surface area contributed by atoms with Gasteiger partial charge in [-0.15, -0.1) is 0 Å². The first-order chi connectivity index (χ1) is 17.5. The third-order valence-electron chi connectivity index (χ3n) is 5.67. The zero-order valence-corrected chi connectivity index (χ0v) is 20.0. The van der Waals surface area contributed by atoms with Crippen LogP contribution in [0.5, 0.6) is 0 Å². The second-order valence-electron chi connectivity index (χ2n) is 8.34. The van der Waals surface area contributed by atoms with Crippen molar-refractivity contribution in [3.05, 3.63) is 74.0 Å². The first kappa shape index (κ1) is 26.1. The highest BCUT2D eigenvalue weighted by Gasteiger charge is 2.37. The topological polar surface area (TPSA) is 132 Å². The molecule has 4 rings (SSSR count). The van der Waals surface area contributed by atoms with Crippen LogP contribution in [-0.4, -0.2) is 30.8 Å². The number of nitrogens with zero attached hydrogens (tertiary/aromatic N) is 4. The Morgan fingerprint density at radius 2 is 2.00 bits per heavy atom. The smallest absolute Gasteiger partial charge is 0.381 e. The number of halogens is 5. The summed E-state index contributed by atoms with van der Waals surface area (Å²) in [5, 5.41) is 8.48. The van der Waals surface area contributed by atoms with Gasteiger partial charge >= 0.3 is 6.18 Å². The van der Waals surface area contributed by atoms with Crippen LogP contribution in [-0.2, 0) is 12.7 Å². The molecule has 14 heteroatoms. The standard InChI is InChI=1S/C23H20ClF4N7O2/c1-11(32-17-10-31-34-21(36)18(17)23(26,27)28)3-2-5-35-6-4-12-7-14(15(25)8-13(12)22(35)37)16-9-30-19(24)20(29)33-16/h4,6-11H,2-3,5H2,1H3,(H2,29,33)(H2,32,34,36)/t11-/m0/s1. The highest BCUT2D eigenvalue weighted by Crippen LogP contribution is 2.32.